The lowest BCUT2D eigenvalue weighted by Crippen LogP contribution is -2.52. The standard InChI is InChI=1S/C25H29N3OS/c1-20(26-25(29)22-11-6-3-7-12-22)24(23-13-8-18-30-23)28-16-14-27(15-17-28)19-21-9-4-2-5-10-21/h2-13,18,20,24H,14-17,19H2,1H3,(H,26,29)/t20-,24-/m0/s1. The van der Waals surface area contributed by atoms with Crippen LogP contribution in [0.3, 0.4) is 0 Å². The van der Waals surface area contributed by atoms with Crippen molar-refractivity contribution in [2.45, 2.75) is 25.6 Å². The molecule has 1 aromatic heterocycles. The number of thiophene rings is 1. The number of hydrogen-bond donors (Lipinski definition) is 1. The largest absolute Gasteiger partial charge is 0.348 e. The van der Waals surface area contributed by atoms with Gasteiger partial charge in [-0.25, -0.2) is 0 Å². The molecule has 1 amide bonds. The van der Waals surface area contributed by atoms with E-state index >= 15 is 0 Å². The molecule has 0 bridgehead atoms. The molecule has 4 nitrogen and oxygen atoms in total. The van der Waals surface area contributed by atoms with E-state index in [0.717, 1.165) is 32.7 Å². The topological polar surface area (TPSA) is 35.6 Å². The lowest BCUT2D eigenvalue weighted by Gasteiger charge is -2.41. The van der Waals surface area contributed by atoms with E-state index in [1.165, 1.54) is 10.4 Å². The monoisotopic (exact) mass is 419 g/mol. The minimum atomic E-state index is -0.00707. The highest BCUT2D eigenvalue weighted by Crippen LogP contribution is 2.29. The average molecular weight is 420 g/mol. The van der Waals surface area contributed by atoms with Gasteiger partial charge >= 0.3 is 0 Å². The third kappa shape index (κ3) is 5.17. The number of nitrogens with one attached hydrogen (secondary N) is 1. The van der Waals surface area contributed by atoms with E-state index in [1.54, 1.807) is 11.3 Å². The van der Waals surface area contributed by atoms with E-state index < -0.39 is 0 Å². The van der Waals surface area contributed by atoms with Crippen molar-refractivity contribution in [1.29, 1.82) is 0 Å². The highest BCUT2D eigenvalue weighted by molar-refractivity contribution is 7.10. The predicted molar refractivity (Wildman–Crippen MR) is 124 cm³/mol. The van der Waals surface area contributed by atoms with Gasteiger partial charge in [-0.3, -0.25) is 14.6 Å². The molecular formula is C25H29N3OS. The summed E-state index contributed by atoms with van der Waals surface area (Å²) in [6.07, 6.45) is 0. The zero-order valence-electron chi connectivity index (χ0n) is 17.4. The zero-order chi connectivity index (χ0) is 20.8. The molecule has 2 heterocycles. The van der Waals surface area contributed by atoms with Gasteiger partial charge < -0.3 is 5.32 Å². The highest BCUT2D eigenvalue weighted by Gasteiger charge is 2.31. The minimum Gasteiger partial charge on any atom is -0.348 e. The van der Waals surface area contributed by atoms with Crippen molar-refractivity contribution >= 4 is 17.2 Å². The summed E-state index contributed by atoms with van der Waals surface area (Å²) in [5, 5.41) is 5.37. The van der Waals surface area contributed by atoms with Gasteiger partial charge in [0.1, 0.15) is 0 Å². The summed E-state index contributed by atoms with van der Waals surface area (Å²) in [6, 6.07) is 24.7. The number of rotatable bonds is 7. The summed E-state index contributed by atoms with van der Waals surface area (Å²) in [6.45, 7) is 7.20. The van der Waals surface area contributed by atoms with E-state index in [9.17, 15) is 4.79 Å². The molecule has 3 aromatic rings. The SMILES string of the molecule is C[C@H](NC(=O)c1ccccc1)[C@@H](c1cccs1)N1CCN(Cc2ccccc2)CC1. The Hall–Kier alpha value is -2.47. The molecule has 1 aliphatic rings. The van der Waals surface area contributed by atoms with Crippen molar-refractivity contribution in [3.05, 3.63) is 94.2 Å². The molecule has 0 radical (unpaired) electrons. The molecule has 156 valence electrons. The van der Waals surface area contributed by atoms with E-state index in [0.29, 0.717) is 5.56 Å². The summed E-state index contributed by atoms with van der Waals surface area (Å²) in [5.41, 5.74) is 2.08. The van der Waals surface area contributed by atoms with Crippen LogP contribution in [0.1, 0.15) is 33.8 Å². The first kappa shape index (κ1) is 20.8. The lowest BCUT2D eigenvalue weighted by atomic mass is 10.0. The Bertz CT molecular complexity index is 906. The van der Waals surface area contributed by atoms with Gasteiger partial charge in [-0.1, -0.05) is 54.6 Å². The summed E-state index contributed by atoms with van der Waals surface area (Å²) in [5.74, 6) is -0.00707. The maximum Gasteiger partial charge on any atom is 0.251 e. The van der Waals surface area contributed by atoms with E-state index in [-0.39, 0.29) is 18.0 Å². The van der Waals surface area contributed by atoms with Gasteiger partial charge in [0.05, 0.1) is 6.04 Å². The lowest BCUT2D eigenvalue weighted by molar-refractivity contribution is 0.0714. The molecule has 1 fully saturated rings. The van der Waals surface area contributed by atoms with Crippen molar-refractivity contribution < 1.29 is 4.79 Å². The Balaban J connectivity index is 1.41. The Morgan fingerprint density at radius 1 is 0.933 bits per heavy atom. The van der Waals surface area contributed by atoms with Crippen molar-refractivity contribution in [1.82, 2.24) is 15.1 Å². The first-order valence-electron chi connectivity index (χ1n) is 10.6. The number of benzene rings is 2. The molecule has 0 spiro atoms. The maximum absolute atomic E-state index is 12.7. The second kappa shape index (κ2) is 10.0. The summed E-state index contributed by atoms with van der Waals surface area (Å²) >= 11 is 1.77. The van der Waals surface area contributed by atoms with Gasteiger partial charge in [0.15, 0.2) is 0 Å². The molecule has 1 saturated heterocycles. The van der Waals surface area contributed by atoms with Crippen molar-refractivity contribution in [3.63, 3.8) is 0 Å². The Labute approximate surface area is 183 Å². The molecule has 4 rings (SSSR count). The fourth-order valence-electron chi connectivity index (χ4n) is 4.20. The van der Waals surface area contributed by atoms with Crippen LogP contribution in [0, 0.1) is 0 Å². The molecule has 0 saturated carbocycles. The van der Waals surface area contributed by atoms with Crippen molar-refractivity contribution in [3.8, 4) is 0 Å². The third-order valence-corrected chi connectivity index (χ3v) is 6.70. The summed E-state index contributed by atoms with van der Waals surface area (Å²) in [4.78, 5) is 19.1. The van der Waals surface area contributed by atoms with Gasteiger partial charge in [0, 0.05) is 49.2 Å². The quantitative estimate of drug-likeness (QED) is 0.616. The minimum absolute atomic E-state index is 0.00707. The van der Waals surface area contributed by atoms with Crippen LogP contribution in [0.4, 0.5) is 0 Å². The molecule has 0 unspecified atom stereocenters. The first-order chi connectivity index (χ1) is 14.7. The number of carbonyl (C=O) groups is 1. The number of carbonyl (C=O) groups excluding carboxylic acids is 1. The molecule has 5 heteroatoms. The Kier molecular flexibility index (Phi) is 6.95. The Morgan fingerprint density at radius 2 is 1.60 bits per heavy atom. The molecule has 1 N–H and O–H groups in total. The van der Waals surface area contributed by atoms with E-state index in [2.05, 4.69) is 69.9 Å². The van der Waals surface area contributed by atoms with Crippen LogP contribution < -0.4 is 5.32 Å². The van der Waals surface area contributed by atoms with Gasteiger partial charge in [-0.2, -0.15) is 0 Å². The van der Waals surface area contributed by atoms with Gasteiger partial charge in [-0.05, 0) is 36.1 Å². The van der Waals surface area contributed by atoms with E-state index in [1.807, 2.05) is 30.3 Å². The van der Waals surface area contributed by atoms with Crippen molar-refractivity contribution in [2.75, 3.05) is 26.2 Å². The number of hydrogen-bond acceptors (Lipinski definition) is 4. The van der Waals surface area contributed by atoms with Crippen LogP contribution in [0.2, 0.25) is 0 Å². The first-order valence-corrected chi connectivity index (χ1v) is 11.5. The molecule has 0 aliphatic carbocycles. The van der Waals surface area contributed by atoms with Crippen molar-refractivity contribution in [2.24, 2.45) is 0 Å². The summed E-state index contributed by atoms with van der Waals surface area (Å²) in [7, 11) is 0. The highest BCUT2D eigenvalue weighted by atomic mass is 32.1. The second-order valence-electron chi connectivity index (χ2n) is 7.89. The zero-order valence-corrected chi connectivity index (χ0v) is 18.2. The van der Waals surface area contributed by atoms with Gasteiger partial charge in [0.2, 0.25) is 0 Å². The second-order valence-corrected chi connectivity index (χ2v) is 8.87. The number of nitrogens with zero attached hydrogens (tertiary/aromatic N) is 2. The molecular weight excluding hydrogens is 390 g/mol. The number of amides is 1. The predicted octanol–water partition coefficient (Wildman–Crippen LogP) is 4.43. The third-order valence-electron chi connectivity index (χ3n) is 5.75. The van der Waals surface area contributed by atoms with Gasteiger partial charge in [-0.15, -0.1) is 11.3 Å². The maximum atomic E-state index is 12.7. The van der Waals surface area contributed by atoms with Crippen LogP contribution >= 0.6 is 11.3 Å². The fraction of sp³-hybridized carbons (Fsp3) is 0.320. The fourth-order valence-corrected chi connectivity index (χ4v) is 5.17. The Morgan fingerprint density at radius 3 is 2.23 bits per heavy atom. The molecule has 2 aromatic carbocycles. The normalized spacial score (nSPS) is 17.4. The van der Waals surface area contributed by atoms with Gasteiger partial charge in [0.25, 0.3) is 5.91 Å². The smallest absolute Gasteiger partial charge is 0.251 e. The van der Waals surface area contributed by atoms with Crippen LogP contribution in [0.15, 0.2) is 78.2 Å². The molecule has 30 heavy (non-hydrogen) atoms. The van der Waals surface area contributed by atoms with Crippen LogP contribution in [0.5, 0.6) is 0 Å². The summed E-state index contributed by atoms with van der Waals surface area (Å²) < 4.78 is 0. The van der Waals surface area contributed by atoms with E-state index in [4.69, 9.17) is 0 Å². The molecule has 1 aliphatic heterocycles. The average Bonchev–Trinajstić information content (AvgIpc) is 3.31. The number of piperazine rings is 1. The van der Waals surface area contributed by atoms with Crippen LogP contribution in [0.25, 0.3) is 0 Å². The van der Waals surface area contributed by atoms with Crippen LogP contribution in [-0.4, -0.2) is 47.9 Å². The van der Waals surface area contributed by atoms with Crippen LogP contribution in [-0.2, 0) is 6.54 Å². The molecule has 2 atom stereocenters.